The second kappa shape index (κ2) is 4.80. The van der Waals surface area contributed by atoms with Crippen molar-refractivity contribution in [3.63, 3.8) is 0 Å². The fourth-order valence-corrected chi connectivity index (χ4v) is 3.97. The lowest BCUT2D eigenvalue weighted by atomic mass is 9.68. The van der Waals surface area contributed by atoms with Gasteiger partial charge in [-0.05, 0) is 35.8 Å². The zero-order chi connectivity index (χ0) is 15.2. The van der Waals surface area contributed by atoms with E-state index < -0.39 is 11.2 Å². The van der Waals surface area contributed by atoms with Crippen molar-refractivity contribution in [2.24, 2.45) is 11.8 Å². The summed E-state index contributed by atoms with van der Waals surface area (Å²) in [6.07, 6.45) is 5.82. The normalized spacial score (nSPS) is 29.9. The van der Waals surface area contributed by atoms with Crippen molar-refractivity contribution in [3.05, 3.63) is 83.9 Å². The lowest BCUT2D eigenvalue weighted by Crippen LogP contribution is -2.54. The van der Waals surface area contributed by atoms with Crippen LogP contribution in [-0.2, 0) is 5.60 Å². The molecule has 3 atom stereocenters. The van der Waals surface area contributed by atoms with Crippen LogP contribution in [0.5, 0.6) is 0 Å². The van der Waals surface area contributed by atoms with Crippen LogP contribution >= 0.6 is 0 Å². The van der Waals surface area contributed by atoms with E-state index in [1.165, 1.54) is 0 Å². The van der Waals surface area contributed by atoms with E-state index in [-0.39, 0.29) is 5.92 Å². The maximum absolute atomic E-state index is 11.7. The standard InChI is InChI=1S/C20H20O2/c21-19(13-7-8-15-14-18(15)19)20(22,16-9-3-1-4-10-16)17-11-5-2-6-12-17/h1-7,9-13,15,18,21-22H,8,14H2. The van der Waals surface area contributed by atoms with Crippen molar-refractivity contribution in [1.82, 2.24) is 0 Å². The average molecular weight is 292 g/mol. The first-order valence-corrected chi connectivity index (χ1v) is 7.90. The van der Waals surface area contributed by atoms with E-state index >= 15 is 0 Å². The number of aliphatic hydroxyl groups is 2. The molecule has 2 nitrogen and oxygen atoms in total. The molecule has 2 aliphatic rings. The van der Waals surface area contributed by atoms with Crippen LogP contribution in [0.15, 0.2) is 72.8 Å². The molecule has 0 aliphatic heterocycles. The second-order valence-corrected chi connectivity index (χ2v) is 6.51. The molecule has 1 fully saturated rings. The Morgan fingerprint density at radius 1 is 0.909 bits per heavy atom. The van der Waals surface area contributed by atoms with Gasteiger partial charge in [-0.1, -0.05) is 72.8 Å². The first kappa shape index (κ1) is 13.7. The number of hydrogen-bond donors (Lipinski definition) is 2. The van der Waals surface area contributed by atoms with Crippen molar-refractivity contribution in [3.8, 4) is 0 Å². The van der Waals surface area contributed by atoms with Gasteiger partial charge >= 0.3 is 0 Å². The number of hydrogen-bond acceptors (Lipinski definition) is 2. The van der Waals surface area contributed by atoms with Gasteiger partial charge in [-0.3, -0.25) is 0 Å². The Balaban J connectivity index is 1.93. The van der Waals surface area contributed by atoms with Crippen LogP contribution in [0.4, 0.5) is 0 Å². The smallest absolute Gasteiger partial charge is 0.147 e. The van der Waals surface area contributed by atoms with Crippen molar-refractivity contribution in [1.29, 1.82) is 0 Å². The molecule has 3 unspecified atom stereocenters. The van der Waals surface area contributed by atoms with E-state index in [0.29, 0.717) is 5.92 Å². The van der Waals surface area contributed by atoms with Crippen molar-refractivity contribution < 1.29 is 10.2 Å². The van der Waals surface area contributed by atoms with E-state index in [0.717, 1.165) is 24.0 Å². The maximum atomic E-state index is 11.7. The summed E-state index contributed by atoms with van der Waals surface area (Å²) >= 11 is 0. The van der Waals surface area contributed by atoms with Gasteiger partial charge in [0.25, 0.3) is 0 Å². The van der Waals surface area contributed by atoms with Crippen LogP contribution in [0.1, 0.15) is 24.0 Å². The quantitative estimate of drug-likeness (QED) is 0.853. The first-order valence-electron chi connectivity index (χ1n) is 7.90. The molecular weight excluding hydrogens is 272 g/mol. The van der Waals surface area contributed by atoms with Crippen LogP contribution in [0, 0.1) is 11.8 Å². The zero-order valence-corrected chi connectivity index (χ0v) is 12.4. The van der Waals surface area contributed by atoms with E-state index in [1.54, 1.807) is 0 Å². The highest BCUT2D eigenvalue weighted by atomic mass is 16.4. The van der Waals surface area contributed by atoms with Crippen molar-refractivity contribution in [2.75, 3.05) is 0 Å². The summed E-state index contributed by atoms with van der Waals surface area (Å²) in [7, 11) is 0. The molecule has 2 heteroatoms. The third-order valence-electron chi connectivity index (χ3n) is 5.26. The lowest BCUT2D eigenvalue weighted by Gasteiger charge is -2.44. The van der Waals surface area contributed by atoms with Crippen LogP contribution in [0.3, 0.4) is 0 Å². The maximum Gasteiger partial charge on any atom is 0.147 e. The molecule has 2 aliphatic carbocycles. The summed E-state index contributed by atoms with van der Waals surface area (Å²) in [4.78, 5) is 0. The summed E-state index contributed by atoms with van der Waals surface area (Å²) in [5.41, 5.74) is -1.20. The van der Waals surface area contributed by atoms with Crippen molar-refractivity contribution >= 4 is 0 Å². The van der Waals surface area contributed by atoms with E-state index in [4.69, 9.17) is 0 Å². The van der Waals surface area contributed by atoms with Crippen molar-refractivity contribution in [2.45, 2.75) is 24.0 Å². The summed E-state index contributed by atoms with van der Waals surface area (Å²) in [5.74, 6) is 0.622. The monoisotopic (exact) mass is 292 g/mol. The molecular formula is C20H20O2. The summed E-state index contributed by atoms with van der Waals surface area (Å²) in [5, 5.41) is 23.2. The highest BCUT2D eigenvalue weighted by Gasteiger charge is 2.62. The molecule has 0 aromatic heterocycles. The molecule has 0 heterocycles. The van der Waals surface area contributed by atoms with E-state index in [9.17, 15) is 10.2 Å². The Morgan fingerprint density at radius 3 is 2.00 bits per heavy atom. The Morgan fingerprint density at radius 2 is 1.45 bits per heavy atom. The SMILES string of the molecule is OC(c1ccccc1)(c1ccccc1)C1(O)C=CCC2CC21. The van der Waals surface area contributed by atoms with Gasteiger partial charge in [0.15, 0.2) is 0 Å². The third kappa shape index (κ3) is 1.81. The fraction of sp³-hybridized carbons (Fsp3) is 0.300. The number of benzene rings is 2. The molecule has 0 amide bonds. The molecule has 22 heavy (non-hydrogen) atoms. The summed E-state index contributed by atoms with van der Waals surface area (Å²) in [6.45, 7) is 0. The third-order valence-corrected chi connectivity index (χ3v) is 5.26. The van der Waals surface area contributed by atoms with Gasteiger partial charge in [0.2, 0.25) is 0 Å². The second-order valence-electron chi connectivity index (χ2n) is 6.51. The Kier molecular flexibility index (Phi) is 3.00. The van der Waals surface area contributed by atoms with Crippen LogP contribution < -0.4 is 0 Å². The molecule has 0 spiro atoms. The first-order chi connectivity index (χ1) is 10.7. The van der Waals surface area contributed by atoms with Crippen LogP contribution in [0.2, 0.25) is 0 Å². The minimum atomic E-state index is -1.42. The van der Waals surface area contributed by atoms with Gasteiger partial charge in [-0.15, -0.1) is 0 Å². The summed E-state index contributed by atoms with van der Waals surface area (Å²) in [6, 6.07) is 19.1. The van der Waals surface area contributed by atoms with E-state index in [1.807, 2.05) is 72.8 Å². The Labute approximate surface area is 130 Å². The van der Waals surface area contributed by atoms with Gasteiger partial charge < -0.3 is 10.2 Å². The molecule has 4 rings (SSSR count). The zero-order valence-electron chi connectivity index (χ0n) is 12.4. The van der Waals surface area contributed by atoms with Gasteiger partial charge in [-0.2, -0.15) is 0 Å². The van der Waals surface area contributed by atoms with Gasteiger partial charge in [0.05, 0.1) is 0 Å². The number of rotatable bonds is 3. The van der Waals surface area contributed by atoms with E-state index in [2.05, 4.69) is 0 Å². The molecule has 112 valence electrons. The van der Waals surface area contributed by atoms with Gasteiger partial charge in [0.1, 0.15) is 11.2 Å². The Hall–Kier alpha value is -1.90. The molecule has 2 aromatic rings. The van der Waals surface area contributed by atoms with Crippen LogP contribution in [0.25, 0.3) is 0 Å². The molecule has 1 saturated carbocycles. The minimum absolute atomic E-state index is 0.128. The Bertz CT molecular complexity index is 653. The molecule has 0 radical (unpaired) electrons. The highest BCUT2D eigenvalue weighted by Crippen LogP contribution is 2.59. The fourth-order valence-electron chi connectivity index (χ4n) is 3.97. The van der Waals surface area contributed by atoms with Gasteiger partial charge in [0, 0.05) is 0 Å². The molecule has 2 aromatic carbocycles. The average Bonchev–Trinajstić information content (AvgIpc) is 3.37. The predicted molar refractivity (Wildman–Crippen MR) is 86.2 cm³/mol. The molecule has 2 N–H and O–H groups in total. The minimum Gasteiger partial charge on any atom is -0.382 e. The van der Waals surface area contributed by atoms with Crippen LogP contribution in [-0.4, -0.2) is 15.8 Å². The number of fused-ring (bicyclic) bond motifs is 1. The topological polar surface area (TPSA) is 40.5 Å². The predicted octanol–water partition coefficient (Wildman–Crippen LogP) is 3.25. The number of allylic oxidation sites excluding steroid dienone is 1. The molecule has 0 bridgehead atoms. The lowest BCUT2D eigenvalue weighted by molar-refractivity contribution is -0.119. The molecule has 0 saturated heterocycles. The largest absolute Gasteiger partial charge is 0.382 e. The van der Waals surface area contributed by atoms with Gasteiger partial charge in [-0.25, -0.2) is 0 Å². The highest BCUT2D eigenvalue weighted by molar-refractivity contribution is 5.44. The summed E-state index contributed by atoms with van der Waals surface area (Å²) < 4.78 is 0.